The van der Waals surface area contributed by atoms with E-state index in [0.717, 1.165) is 12.1 Å². The summed E-state index contributed by atoms with van der Waals surface area (Å²) in [5.41, 5.74) is -0.156. The Balaban J connectivity index is 2.42. The molecule has 13 heteroatoms. The molecular formula is C13H7ClF9NO2. The number of carbonyl (C=O) groups excluding carboxylic acids is 1. The monoisotopic (exact) mass is 415 g/mol. The lowest BCUT2D eigenvalue weighted by Crippen LogP contribution is -2.63. The third-order valence-corrected chi connectivity index (χ3v) is 3.96. The van der Waals surface area contributed by atoms with E-state index in [1.54, 1.807) is 0 Å². The fourth-order valence-electron chi connectivity index (χ4n) is 1.98. The van der Waals surface area contributed by atoms with Gasteiger partial charge in [0.2, 0.25) is 0 Å². The van der Waals surface area contributed by atoms with Crippen LogP contribution in [0.15, 0.2) is 18.2 Å². The number of amides is 1. The van der Waals surface area contributed by atoms with Crippen molar-refractivity contribution in [2.75, 3.05) is 5.32 Å². The predicted octanol–water partition coefficient (Wildman–Crippen LogP) is 4.78. The first-order valence-electron chi connectivity index (χ1n) is 6.49. The number of ether oxygens (including phenoxy) is 1. The highest BCUT2D eigenvalue weighted by molar-refractivity contribution is 6.31. The molecule has 2 rings (SSSR count). The summed E-state index contributed by atoms with van der Waals surface area (Å²) in [6.45, 7) is 1.47. The molecule has 0 unspecified atom stereocenters. The molecule has 1 heterocycles. The lowest BCUT2D eigenvalue weighted by molar-refractivity contribution is -0.366. The third kappa shape index (κ3) is 2.53. The van der Waals surface area contributed by atoms with Gasteiger partial charge in [-0.25, -0.2) is 0 Å². The average Bonchev–Trinajstić information content (AvgIpc) is 2.58. The zero-order valence-electron chi connectivity index (χ0n) is 12.3. The van der Waals surface area contributed by atoms with Gasteiger partial charge in [0.1, 0.15) is 0 Å². The van der Waals surface area contributed by atoms with E-state index < -0.39 is 41.3 Å². The Labute approximate surface area is 144 Å². The second-order valence-electron chi connectivity index (χ2n) is 5.36. The second-order valence-corrected chi connectivity index (χ2v) is 5.76. The van der Waals surface area contributed by atoms with Crippen molar-refractivity contribution in [2.45, 2.75) is 36.7 Å². The van der Waals surface area contributed by atoms with Gasteiger partial charge in [-0.05, 0) is 24.6 Å². The van der Waals surface area contributed by atoms with Crippen LogP contribution in [0.25, 0.3) is 0 Å². The molecule has 0 saturated carbocycles. The number of rotatable bonds is 3. The lowest BCUT2D eigenvalue weighted by Gasteiger charge is -2.31. The third-order valence-electron chi connectivity index (χ3n) is 3.55. The van der Waals surface area contributed by atoms with Crippen molar-refractivity contribution in [3.63, 3.8) is 0 Å². The van der Waals surface area contributed by atoms with E-state index in [1.807, 2.05) is 0 Å². The molecule has 1 aliphatic heterocycles. The van der Waals surface area contributed by atoms with Crippen LogP contribution in [-0.2, 0) is 9.53 Å². The number of halogens is 10. The van der Waals surface area contributed by atoms with Crippen LogP contribution in [0.3, 0.4) is 0 Å². The molecule has 1 aliphatic rings. The molecule has 1 atom stereocenters. The zero-order valence-corrected chi connectivity index (χ0v) is 13.1. The van der Waals surface area contributed by atoms with Gasteiger partial charge in [0.25, 0.3) is 0 Å². The SMILES string of the molecule is Cc1ccc(NC(=O)C(F)(F)[C@]2(F)OC(F)(F)C(F)(F)C2(F)F)cc1Cl. The van der Waals surface area contributed by atoms with Crippen LogP contribution in [0.1, 0.15) is 5.56 Å². The van der Waals surface area contributed by atoms with Crippen molar-refractivity contribution in [1.29, 1.82) is 0 Å². The minimum Gasteiger partial charge on any atom is -0.321 e. The maximum Gasteiger partial charge on any atom is 0.428 e. The molecule has 1 fully saturated rings. The Morgan fingerprint density at radius 2 is 1.62 bits per heavy atom. The molecule has 0 spiro atoms. The molecule has 1 N–H and O–H groups in total. The summed E-state index contributed by atoms with van der Waals surface area (Å²) in [6.07, 6.45) is -6.29. The molecule has 3 nitrogen and oxygen atoms in total. The van der Waals surface area contributed by atoms with Crippen LogP contribution in [-0.4, -0.2) is 35.6 Å². The second kappa shape index (κ2) is 5.65. The molecule has 1 amide bonds. The number of anilines is 1. The van der Waals surface area contributed by atoms with E-state index in [1.165, 1.54) is 18.3 Å². The number of aryl methyl sites for hydroxylation is 1. The van der Waals surface area contributed by atoms with E-state index in [2.05, 4.69) is 4.74 Å². The highest BCUT2D eigenvalue weighted by Gasteiger charge is 2.96. The Hall–Kier alpha value is -1.69. The summed E-state index contributed by atoms with van der Waals surface area (Å²) in [6, 6.07) is 2.98. The van der Waals surface area contributed by atoms with E-state index in [-0.39, 0.29) is 5.02 Å². The van der Waals surface area contributed by atoms with Gasteiger partial charge in [-0.2, -0.15) is 39.5 Å². The Morgan fingerprint density at radius 3 is 2.04 bits per heavy atom. The van der Waals surface area contributed by atoms with Gasteiger partial charge in [0, 0.05) is 10.7 Å². The van der Waals surface area contributed by atoms with Crippen LogP contribution in [0.4, 0.5) is 45.2 Å². The molecule has 146 valence electrons. The standard InChI is InChI=1S/C13H7ClF9NO2/c1-5-2-3-6(4-7(5)14)24-8(25)9(15,16)12(21)10(17,18)11(19,20)13(22,23)26-12/h2-4H,1H3,(H,24,25)/t12-/m0/s1. The number of carbonyl (C=O) groups is 1. The molecule has 0 aliphatic carbocycles. The minimum absolute atomic E-state index is 0.0819. The van der Waals surface area contributed by atoms with E-state index in [9.17, 15) is 44.3 Å². The van der Waals surface area contributed by atoms with E-state index >= 15 is 0 Å². The summed E-state index contributed by atoms with van der Waals surface area (Å²) in [7, 11) is 0. The molecule has 0 radical (unpaired) electrons. The van der Waals surface area contributed by atoms with Gasteiger partial charge in [-0.3, -0.25) is 9.53 Å². The van der Waals surface area contributed by atoms with Gasteiger partial charge in [-0.1, -0.05) is 17.7 Å². The number of nitrogens with one attached hydrogen (secondary N) is 1. The van der Waals surface area contributed by atoms with Crippen molar-refractivity contribution >= 4 is 23.2 Å². The topological polar surface area (TPSA) is 38.3 Å². The first-order chi connectivity index (χ1) is 11.5. The zero-order chi connectivity index (χ0) is 20.3. The Bertz CT molecular complexity index is 755. The summed E-state index contributed by atoms with van der Waals surface area (Å²) in [5.74, 6) is -28.7. The highest BCUT2D eigenvalue weighted by Crippen LogP contribution is 2.64. The summed E-state index contributed by atoms with van der Waals surface area (Å²) >= 11 is 5.63. The predicted molar refractivity (Wildman–Crippen MR) is 69.5 cm³/mol. The van der Waals surface area contributed by atoms with E-state index in [4.69, 9.17) is 11.6 Å². The molecule has 1 aromatic rings. The lowest BCUT2D eigenvalue weighted by atomic mass is 9.99. The normalized spacial score (nSPS) is 26.6. The summed E-state index contributed by atoms with van der Waals surface area (Å²) in [5, 5.41) is 1.15. The molecule has 0 aromatic heterocycles. The number of benzene rings is 1. The van der Waals surface area contributed by atoms with Gasteiger partial charge < -0.3 is 5.32 Å². The Morgan fingerprint density at radius 1 is 1.08 bits per heavy atom. The van der Waals surface area contributed by atoms with E-state index in [0.29, 0.717) is 5.56 Å². The van der Waals surface area contributed by atoms with Crippen LogP contribution in [0.2, 0.25) is 5.02 Å². The Kier molecular flexibility index (Phi) is 4.48. The fraction of sp³-hybridized carbons (Fsp3) is 0.462. The van der Waals surface area contributed by atoms with Crippen molar-refractivity contribution in [3.8, 4) is 0 Å². The molecule has 1 saturated heterocycles. The summed E-state index contributed by atoms with van der Waals surface area (Å²) < 4.78 is 122. The van der Waals surface area contributed by atoms with Crippen LogP contribution in [0, 0.1) is 6.92 Å². The first kappa shape index (κ1) is 20.6. The van der Waals surface area contributed by atoms with Crippen LogP contribution < -0.4 is 5.32 Å². The molecule has 0 bridgehead atoms. The molecule has 26 heavy (non-hydrogen) atoms. The van der Waals surface area contributed by atoms with Crippen LogP contribution >= 0.6 is 11.6 Å². The fourth-order valence-corrected chi connectivity index (χ4v) is 2.16. The number of alkyl halides is 9. The van der Waals surface area contributed by atoms with Crippen molar-refractivity contribution < 1.29 is 49.0 Å². The molecule has 1 aromatic carbocycles. The van der Waals surface area contributed by atoms with Crippen molar-refractivity contribution in [1.82, 2.24) is 0 Å². The molecular weight excluding hydrogens is 409 g/mol. The smallest absolute Gasteiger partial charge is 0.321 e. The van der Waals surface area contributed by atoms with Gasteiger partial charge in [-0.15, -0.1) is 0 Å². The van der Waals surface area contributed by atoms with Gasteiger partial charge >= 0.3 is 35.6 Å². The largest absolute Gasteiger partial charge is 0.428 e. The highest BCUT2D eigenvalue weighted by atomic mass is 35.5. The van der Waals surface area contributed by atoms with Gasteiger partial charge in [0.15, 0.2) is 0 Å². The maximum absolute atomic E-state index is 14.0. The van der Waals surface area contributed by atoms with Crippen LogP contribution in [0.5, 0.6) is 0 Å². The minimum atomic E-state index is -6.73. The number of hydrogen-bond acceptors (Lipinski definition) is 2. The quantitative estimate of drug-likeness (QED) is 0.722. The summed E-state index contributed by atoms with van der Waals surface area (Å²) in [4.78, 5) is 11.5. The van der Waals surface area contributed by atoms with Crippen molar-refractivity contribution in [2.24, 2.45) is 0 Å². The first-order valence-corrected chi connectivity index (χ1v) is 6.87. The maximum atomic E-state index is 14.0. The average molecular weight is 416 g/mol. The van der Waals surface area contributed by atoms with Gasteiger partial charge in [0.05, 0.1) is 0 Å². The van der Waals surface area contributed by atoms with Crippen molar-refractivity contribution in [3.05, 3.63) is 28.8 Å². The number of hydrogen-bond donors (Lipinski definition) is 1.